The lowest BCUT2D eigenvalue weighted by Crippen LogP contribution is -2.07. The first-order valence-corrected chi connectivity index (χ1v) is 3.64. The van der Waals surface area contributed by atoms with Crippen molar-refractivity contribution in [2.75, 3.05) is 0 Å². The van der Waals surface area contributed by atoms with Crippen molar-refractivity contribution >= 4 is 12.4 Å². The van der Waals surface area contributed by atoms with Gasteiger partial charge in [-0.2, -0.15) is 0 Å². The largest absolute Gasteiger partial charge is 0.392 e. The Morgan fingerprint density at radius 3 is 2.50 bits per heavy atom. The fourth-order valence-corrected chi connectivity index (χ4v) is 0.822. The van der Waals surface area contributed by atoms with E-state index < -0.39 is 5.97 Å². The van der Waals surface area contributed by atoms with Crippen LogP contribution in [0.5, 0.6) is 0 Å². The van der Waals surface area contributed by atoms with Gasteiger partial charge >= 0.3 is 12.4 Å². The van der Waals surface area contributed by atoms with Gasteiger partial charge in [-0.05, 0) is 18.9 Å². The average molecular weight is 168 g/mol. The van der Waals surface area contributed by atoms with Gasteiger partial charge in [0.1, 0.15) is 0 Å². The van der Waals surface area contributed by atoms with Gasteiger partial charge in [-0.3, -0.25) is 4.79 Å². The Hall–Kier alpha value is -1.38. The molecule has 0 saturated heterocycles. The van der Waals surface area contributed by atoms with E-state index >= 15 is 0 Å². The summed E-state index contributed by atoms with van der Waals surface area (Å²) in [5, 5.41) is 0. The highest BCUT2D eigenvalue weighted by molar-refractivity contribution is 5.93. The van der Waals surface area contributed by atoms with Crippen LogP contribution in [-0.4, -0.2) is 12.4 Å². The number of rotatable bonds is 4. The van der Waals surface area contributed by atoms with E-state index in [0.717, 1.165) is 5.57 Å². The van der Waals surface area contributed by atoms with Gasteiger partial charge in [0.25, 0.3) is 0 Å². The molecule has 0 bridgehead atoms. The first-order valence-electron chi connectivity index (χ1n) is 3.64. The van der Waals surface area contributed by atoms with E-state index in [1.807, 2.05) is 6.92 Å². The lowest BCUT2D eigenvalue weighted by Gasteiger charge is -2.02. The lowest BCUT2D eigenvalue weighted by molar-refractivity contribution is -0.148. The number of ether oxygens (including phenoxy) is 1. The van der Waals surface area contributed by atoms with Crippen LogP contribution in [0, 0.1) is 0 Å². The van der Waals surface area contributed by atoms with Gasteiger partial charge in [-0.1, -0.05) is 19.6 Å². The van der Waals surface area contributed by atoms with Gasteiger partial charge in [0, 0.05) is 5.57 Å². The zero-order chi connectivity index (χ0) is 9.56. The van der Waals surface area contributed by atoms with Crippen molar-refractivity contribution in [3.8, 4) is 0 Å². The Morgan fingerprint density at radius 1 is 1.58 bits per heavy atom. The number of esters is 1. The molecule has 0 aromatic heterocycles. The van der Waals surface area contributed by atoms with E-state index in [1.54, 1.807) is 13.0 Å². The van der Waals surface area contributed by atoms with Crippen LogP contribution in [0.25, 0.3) is 0 Å². The second kappa shape index (κ2) is 5.29. The molecule has 66 valence electrons. The minimum absolute atomic E-state index is 0.133. The molecule has 0 rings (SSSR count). The molecule has 3 nitrogen and oxygen atoms in total. The fourth-order valence-electron chi connectivity index (χ4n) is 0.822. The van der Waals surface area contributed by atoms with E-state index in [2.05, 4.69) is 11.3 Å². The third-order valence-electron chi connectivity index (χ3n) is 1.54. The molecule has 3 heteroatoms. The standard InChI is InChI=1S/C9H12O3/c1-4-7(3)8(5-2)9(11)12-6-10/h4,6H,1,5H2,2-3H3. The monoisotopic (exact) mass is 168 g/mol. The summed E-state index contributed by atoms with van der Waals surface area (Å²) in [6, 6.07) is 0. The van der Waals surface area contributed by atoms with Crippen molar-refractivity contribution in [3.05, 3.63) is 23.8 Å². The Balaban J connectivity index is 4.65. The predicted molar refractivity (Wildman–Crippen MR) is 45.3 cm³/mol. The highest BCUT2D eigenvalue weighted by Crippen LogP contribution is 2.10. The summed E-state index contributed by atoms with van der Waals surface area (Å²) in [7, 11) is 0. The molecule has 0 aromatic rings. The van der Waals surface area contributed by atoms with Gasteiger partial charge in [0.05, 0.1) is 0 Å². The van der Waals surface area contributed by atoms with Crippen LogP contribution < -0.4 is 0 Å². The van der Waals surface area contributed by atoms with Crippen molar-refractivity contribution < 1.29 is 14.3 Å². The van der Waals surface area contributed by atoms with E-state index in [4.69, 9.17) is 0 Å². The molecule has 0 amide bonds. The summed E-state index contributed by atoms with van der Waals surface area (Å²) < 4.78 is 4.19. The number of allylic oxidation sites excluding steroid dienone is 2. The second-order valence-corrected chi connectivity index (χ2v) is 2.22. The smallest absolute Gasteiger partial charge is 0.341 e. The Labute approximate surface area is 71.7 Å². The molecule has 0 spiro atoms. The highest BCUT2D eigenvalue weighted by atomic mass is 16.6. The fraction of sp³-hybridized carbons (Fsp3) is 0.333. The summed E-state index contributed by atoms with van der Waals surface area (Å²) in [6.45, 7) is 7.21. The van der Waals surface area contributed by atoms with Crippen LogP contribution in [-0.2, 0) is 14.3 Å². The van der Waals surface area contributed by atoms with E-state index in [1.165, 1.54) is 0 Å². The van der Waals surface area contributed by atoms with Crippen molar-refractivity contribution in [3.63, 3.8) is 0 Å². The van der Waals surface area contributed by atoms with Crippen LogP contribution in [0.1, 0.15) is 20.3 Å². The Bertz CT molecular complexity index is 226. The topological polar surface area (TPSA) is 43.4 Å². The van der Waals surface area contributed by atoms with E-state index in [-0.39, 0.29) is 6.47 Å². The molecule has 0 atom stereocenters. The van der Waals surface area contributed by atoms with Gasteiger partial charge < -0.3 is 4.74 Å². The summed E-state index contributed by atoms with van der Waals surface area (Å²) in [6.07, 6.45) is 2.09. The average Bonchev–Trinajstić information content (AvgIpc) is 2.06. The van der Waals surface area contributed by atoms with Gasteiger partial charge in [-0.15, -0.1) is 0 Å². The van der Waals surface area contributed by atoms with Crippen LogP contribution in [0.15, 0.2) is 23.8 Å². The molecular formula is C9H12O3. The highest BCUT2D eigenvalue weighted by Gasteiger charge is 2.10. The third-order valence-corrected chi connectivity index (χ3v) is 1.54. The number of hydrogen-bond donors (Lipinski definition) is 0. The van der Waals surface area contributed by atoms with Crippen molar-refractivity contribution in [1.29, 1.82) is 0 Å². The molecular weight excluding hydrogens is 156 g/mol. The molecule has 0 radical (unpaired) electrons. The Morgan fingerprint density at radius 2 is 2.17 bits per heavy atom. The van der Waals surface area contributed by atoms with Crippen LogP contribution in [0.3, 0.4) is 0 Å². The first kappa shape index (κ1) is 10.6. The van der Waals surface area contributed by atoms with Gasteiger partial charge in [0.15, 0.2) is 0 Å². The minimum Gasteiger partial charge on any atom is -0.392 e. The summed E-state index contributed by atoms with van der Waals surface area (Å²) in [5.74, 6) is -0.593. The summed E-state index contributed by atoms with van der Waals surface area (Å²) in [5.41, 5.74) is 1.22. The third kappa shape index (κ3) is 2.70. The predicted octanol–water partition coefficient (Wildman–Crippen LogP) is 1.60. The van der Waals surface area contributed by atoms with Crippen LogP contribution in [0.4, 0.5) is 0 Å². The summed E-state index contributed by atoms with van der Waals surface area (Å²) in [4.78, 5) is 20.9. The molecule has 0 aliphatic rings. The zero-order valence-electron chi connectivity index (χ0n) is 7.29. The maximum Gasteiger partial charge on any atom is 0.341 e. The maximum atomic E-state index is 11.0. The van der Waals surface area contributed by atoms with E-state index in [9.17, 15) is 9.59 Å². The minimum atomic E-state index is -0.593. The van der Waals surface area contributed by atoms with Crippen molar-refractivity contribution in [2.45, 2.75) is 20.3 Å². The lowest BCUT2D eigenvalue weighted by atomic mass is 10.1. The van der Waals surface area contributed by atoms with Crippen molar-refractivity contribution in [2.24, 2.45) is 0 Å². The SMILES string of the molecule is C=CC(C)=C(CC)C(=O)OC=O. The molecule has 0 heterocycles. The molecule has 0 unspecified atom stereocenters. The van der Waals surface area contributed by atoms with Crippen molar-refractivity contribution in [1.82, 2.24) is 0 Å². The molecule has 0 fully saturated rings. The molecule has 12 heavy (non-hydrogen) atoms. The number of carbonyl (C=O) groups excluding carboxylic acids is 2. The maximum absolute atomic E-state index is 11.0. The zero-order valence-corrected chi connectivity index (χ0v) is 7.29. The summed E-state index contributed by atoms with van der Waals surface area (Å²) >= 11 is 0. The molecule has 0 N–H and O–H groups in total. The molecule has 0 aromatic carbocycles. The second-order valence-electron chi connectivity index (χ2n) is 2.22. The van der Waals surface area contributed by atoms with Crippen LogP contribution in [0.2, 0.25) is 0 Å². The number of hydrogen-bond acceptors (Lipinski definition) is 3. The Kier molecular flexibility index (Phi) is 4.69. The van der Waals surface area contributed by atoms with Gasteiger partial charge in [0.2, 0.25) is 0 Å². The quantitative estimate of drug-likeness (QED) is 0.210. The van der Waals surface area contributed by atoms with Crippen LogP contribution >= 0.6 is 0 Å². The normalized spacial score (nSPS) is 11.5. The number of carbonyl (C=O) groups is 2. The molecule has 0 saturated carbocycles. The van der Waals surface area contributed by atoms with Gasteiger partial charge in [-0.25, -0.2) is 4.79 Å². The van der Waals surface area contributed by atoms with E-state index in [0.29, 0.717) is 12.0 Å². The molecule has 0 aliphatic heterocycles. The first-order chi connectivity index (χ1) is 5.67. The molecule has 0 aliphatic carbocycles.